The largest absolute Gasteiger partial charge is 0.497 e. The van der Waals surface area contributed by atoms with Gasteiger partial charge in [0, 0.05) is 43.5 Å². The first-order valence-electron chi connectivity index (χ1n) is 10.2. The van der Waals surface area contributed by atoms with Crippen LogP contribution in [-0.2, 0) is 30.8 Å². The third kappa shape index (κ3) is 4.36. The molecule has 30 heavy (non-hydrogen) atoms. The molecular formula is C23H26N4O3. The minimum atomic E-state index is -0.361. The van der Waals surface area contributed by atoms with Crippen molar-refractivity contribution >= 4 is 5.97 Å². The molecule has 3 aromatic rings. The Balaban J connectivity index is 1.58. The third-order valence-corrected chi connectivity index (χ3v) is 5.28. The first-order valence-corrected chi connectivity index (χ1v) is 10.2. The number of fused-ring (bicyclic) bond motifs is 1. The molecule has 0 fully saturated rings. The fourth-order valence-electron chi connectivity index (χ4n) is 3.81. The number of esters is 1. The van der Waals surface area contributed by atoms with Crippen molar-refractivity contribution in [2.75, 3.05) is 20.3 Å². The van der Waals surface area contributed by atoms with Crippen LogP contribution in [0.3, 0.4) is 0 Å². The van der Waals surface area contributed by atoms with Gasteiger partial charge in [0.15, 0.2) is 5.69 Å². The van der Waals surface area contributed by atoms with E-state index < -0.39 is 0 Å². The topological polar surface area (TPSA) is 69.5 Å². The highest BCUT2D eigenvalue weighted by Crippen LogP contribution is 2.25. The van der Waals surface area contributed by atoms with Crippen molar-refractivity contribution in [3.63, 3.8) is 0 Å². The first-order chi connectivity index (χ1) is 14.7. The molecule has 0 atom stereocenters. The molecule has 0 bridgehead atoms. The number of carbonyl (C=O) groups is 1. The van der Waals surface area contributed by atoms with Crippen LogP contribution < -0.4 is 4.74 Å². The summed E-state index contributed by atoms with van der Waals surface area (Å²) in [4.78, 5) is 19.3. The summed E-state index contributed by atoms with van der Waals surface area (Å²) in [6.45, 7) is 5.05. The second-order valence-electron chi connectivity index (χ2n) is 7.28. The van der Waals surface area contributed by atoms with Gasteiger partial charge >= 0.3 is 5.97 Å². The van der Waals surface area contributed by atoms with Crippen LogP contribution >= 0.6 is 0 Å². The predicted octanol–water partition coefficient (Wildman–Crippen LogP) is 3.07. The standard InChI is InChI=1S/C23H26N4O3/c1-3-30-23(28)22-20-16-26(14-17-7-9-19(29-2)10-8-17)13-11-21(20)27(25-22)15-18-6-4-5-12-24-18/h4-10,12H,3,11,13-16H2,1-2H3. The molecule has 1 aliphatic rings. The summed E-state index contributed by atoms with van der Waals surface area (Å²) in [5.74, 6) is 0.486. The van der Waals surface area contributed by atoms with Crippen LogP contribution in [0.5, 0.6) is 5.75 Å². The molecule has 7 heteroatoms. The van der Waals surface area contributed by atoms with Crippen LogP contribution in [0.25, 0.3) is 0 Å². The predicted molar refractivity (Wildman–Crippen MR) is 112 cm³/mol. The van der Waals surface area contributed by atoms with Crippen LogP contribution in [0.1, 0.15) is 39.9 Å². The maximum atomic E-state index is 12.6. The van der Waals surface area contributed by atoms with E-state index in [0.717, 1.165) is 42.2 Å². The molecule has 1 aliphatic heterocycles. The Bertz CT molecular complexity index is 999. The number of aromatic nitrogens is 3. The lowest BCUT2D eigenvalue weighted by Crippen LogP contribution is -2.31. The van der Waals surface area contributed by atoms with Crippen molar-refractivity contribution in [3.05, 3.63) is 76.9 Å². The Hall–Kier alpha value is -3.19. The minimum absolute atomic E-state index is 0.330. The summed E-state index contributed by atoms with van der Waals surface area (Å²) in [6.07, 6.45) is 2.60. The van der Waals surface area contributed by atoms with Crippen molar-refractivity contribution in [3.8, 4) is 5.75 Å². The van der Waals surface area contributed by atoms with E-state index >= 15 is 0 Å². The zero-order valence-electron chi connectivity index (χ0n) is 17.4. The van der Waals surface area contributed by atoms with Crippen molar-refractivity contribution in [1.29, 1.82) is 0 Å². The van der Waals surface area contributed by atoms with E-state index in [1.54, 1.807) is 13.3 Å². The average Bonchev–Trinajstić information content (AvgIpc) is 3.13. The number of benzene rings is 1. The van der Waals surface area contributed by atoms with Gasteiger partial charge in [-0.15, -0.1) is 0 Å². The number of rotatable bonds is 7. The third-order valence-electron chi connectivity index (χ3n) is 5.28. The van der Waals surface area contributed by atoms with E-state index in [2.05, 4.69) is 27.1 Å². The maximum Gasteiger partial charge on any atom is 0.359 e. The maximum absolute atomic E-state index is 12.6. The first kappa shape index (κ1) is 20.1. The summed E-state index contributed by atoms with van der Waals surface area (Å²) < 4.78 is 12.4. The number of nitrogens with zero attached hydrogens (tertiary/aromatic N) is 4. The quantitative estimate of drug-likeness (QED) is 0.562. The lowest BCUT2D eigenvalue weighted by molar-refractivity contribution is 0.0515. The highest BCUT2D eigenvalue weighted by atomic mass is 16.5. The van der Waals surface area contributed by atoms with Gasteiger partial charge in [0.2, 0.25) is 0 Å². The molecule has 0 aliphatic carbocycles. The van der Waals surface area contributed by atoms with Crippen LogP contribution in [0.15, 0.2) is 48.7 Å². The Kier molecular flexibility index (Phi) is 6.09. The molecule has 0 amide bonds. The molecule has 0 spiro atoms. The molecule has 7 nitrogen and oxygen atoms in total. The van der Waals surface area contributed by atoms with Gasteiger partial charge in [-0.05, 0) is 36.8 Å². The molecule has 0 unspecified atom stereocenters. The number of hydrogen-bond donors (Lipinski definition) is 0. The molecule has 3 heterocycles. The molecule has 2 aromatic heterocycles. The number of ether oxygens (including phenoxy) is 2. The zero-order chi connectivity index (χ0) is 20.9. The summed E-state index contributed by atoms with van der Waals surface area (Å²) in [6, 6.07) is 13.9. The Labute approximate surface area is 176 Å². The summed E-state index contributed by atoms with van der Waals surface area (Å²) >= 11 is 0. The van der Waals surface area contributed by atoms with Crippen molar-refractivity contribution in [2.45, 2.75) is 33.0 Å². The van der Waals surface area contributed by atoms with Gasteiger partial charge in [-0.2, -0.15) is 5.10 Å². The fraction of sp³-hybridized carbons (Fsp3) is 0.348. The average molecular weight is 406 g/mol. The van der Waals surface area contributed by atoms with E-state index in [9.17, 15) is 4.79 Å². The zero-order valence-corrected chi connectivity index (χ0v) is 17.4. The van der Waals surface area contributed by atoms with Crippen molar-refractivity contribution < 1.29 is 14.3 Å². The lowest BCUT2D eigenvalue weighted by Gasteiger charge is -2.27. The Morgan fingerprint density at radius 3 is 2.67 bits per heavy atom. The monoisotopic (exact) mass is 406 g/mol. The molecule has 1 aromatic carbocycles. The van der Waals surface area contributed by atoms with E-state index in [0.29, 0.717) is 25.4 Å². The highest BCUT2D eigenvalue weighted by Gasteiger charge is 2.29. The van der Waals surface area contributed by atoms with E-state index in [-0.39, 0.29) is 5.97 Å². The Morgan fingerprint density at radius 1 is 1.13 bits per heavy atom. The van der Waals surface area contributed by atoms with Crippen molar-refractivity contribution in [2.24, 2.45) is 0 Å². The van der Waals surface area contributed by atoms with Crippen LogP contribution in [0.4, 0.5) is 0 Å². The van der Waals surface area contributed by atoms with Gasteiger partial charge in [-0.3, -0.25) is 14.6 Å². The number of methoxy groups -OCH3 is 1. The van der Waals surface area contributed by atoms with Gasteiger partial charge in [0.25, 0.3) is 0 Å². The van der Waals surface area contributed by atoms with E-state index in [1.165, 1.54) is 5.56 Å². The van der Waals surface area contributed by atoms with Gasteiger partial charge in [0.05, 0.1) is 26.0 Å². The van der Waals surface area contributed by atoms with Crippen LogP contribution in [0.2, 0.25) is 0 Å². The summed E-state index contributed by atoms with van der Waals surface area (Å²) in [5, 5.41) is 4.63. The lowest BCUT2D eigenvalue weighted by atomic mass is 10.0. The van der Waals surface area contributed by atoms with E-state index in [1.807, 2.05) is 41.9 Å². The number of hydrogen-bond acceptors (Lipinski definition) is 6. The van der Waals surface area contributed by atoms with Gasteiger partial charge in [0.1, 0.15) is 5.75 Å². The summed E-state index contributed by atoms with van der Waals surface area (Å²) in [7, 11) is 1.67. The molecule has 156 valence electrons. The molecular weight excluding hydrogens is 380 g/mol. The fourth-order valence-corrected chi connectivity index (χ4v) is 3.81. The second-order valence-corrected chi connectivity index (χ2v) is 7.28. The highest BCUT2D eigenvalue weighted by molar-refractivity contribution is 5.89. The van der Waals surface area contributed by atoms with E-state index in [4.69, 9.17) is 9.47 Å². The molecule has 0 saturated carbocycles. The van der Waals surface area contributed by atoms with Gasteiger partial charge < -0.3 is 9.47 Å². The molecule has 0 N–H and O–H groups in total. The molecule has 0 saturated heterocycles. The second kappa shape index (κ2) is 9.09. The van der Waals surface area contributed by atoms with Crippen LogP contribution in [-0.4, -0.2) is 45.9 Å². The SMILES string of the molecule is CCOC(=O)c1nn(Cc2ccccn2)c2c1CN(Cc1ccc(OC)cc1)CC2. The molecule has 0 radical (unpaired) electrons. The van der Waals surface area contributed by atoms with Crippen molar-refractivity contribution in [1.82, 2.24) is 19.7 Å². The molecule has 4 rings (SSSR count). The summed E-state index contributed by atoms with van der Waals surface area (Å²) in [5.41, 5.74) is 4.60. The smallest absolute Gasteiger partial charge is 0.359 e. The number of carbonyl (C=O) groups excluding carboxylic acids is 1. The Morgan fingerprint density at radius 2 is 1.97 bits per heavy atom. The minimum Gasteiger partial charge on any atom is -0.497 e. The number of pyridine rings is 1. The van der Waals surface area contributed by atoms with Gasteiger partial charge in [-0.25, -0.2) is 4.79 Å². The van der Waals surface area contributed by atoms with Gasteiger partial charge in [-0.1, -0.05) is 18.2 Å². The van der Waals surface area contributed by atoms with Crippen LogP contribution in [0, 0.1) is 0 Å². The normalized spacial score (nSPS) is 13.7.